The quantitative estimate of drug-likeness (QED) is 0.584. The number of anilines is 1. The number of aryl methyl sites for hydroxylation is 1. The smallest absolute Gasteiger partial charge is 0.347 e. The molecule has 0 bridgehead atoms. The predicted molar refractivity (Wildman–Crippen MR) is 104 cm³/mol. The second-order valence-corrected chi connectivity index (χ2v) is 6.36. The Kier molecular flexibility index (Phi) is 7.43. The summed E-state index contributed by atoms with van der Waals surface area (Å²) in [6.45, 7) is 0.740. The maximum absolute atomic E-state index is 12.4. The molecular weight excluding hydrogens is 369 g/mol. The molecule has 2 aromatic carbocycles. The number of carbonyl (C=O) groups is 1. The normalized spacial score (nSPS) is 11.8. The largest absolute Gasteiger partial charge is 0.406 e. The second kappa shape index (κ2) is 9.77. The average molecular weight is 392 g/mol. The highest BCUT2D eigenvalue weighted by Crippen LogP contribution is 2.15. The standard InChI is InChI=1S/C20H23F3N4O/c1-15-8-10-16(11-9-15)12-24-19(26-17-6-4-3-5-7-17)25-13-18(28)27(2)14-20(21,22)23/h3-11H,12-14H2,1-2H3,(H2,24,25,26). The number of hydrogen-bond donors (Lipinski definition) is 2. The van der Waals surface area contributed by atoms with Crippen molar-refractivity contribution >= 4 is 17.6 Å². The van der Waals surface area contributed by atoms with E-state index in [1.54, 1.807) is 0 Å². The van der Waals surface area contributed by atoms with Crippen molar-refractivity contribution in [1.29, 1.82) is 0 Å². The number of alkyl halides is 3. The number of guanidine groups is 1. The van der Waals surface area contributed by atoms with E-state index in [9.17, 15) is 18.0 Å². The number of likely N-dealkylation sites (N-methyl/N-ethyl adjacent to an activating group) is 1. The van der Waals surface area contributed by atoms with Crippen molar-refractivity contribution in [2.75, 3.05) is 25.5 Å². The third kappa shape index (κ3) is 7.69. The molecule has 150 valence electrons. The van der Waals surface area contributed by atoms with Gasteiger partial charge in [0.1, 0.15) is 6.54 Å². The van der Waals surface area contributed by atoms with Crippen molar-refractivity contribution in [3.8, 4) is 0 Å². The molecule has 1 amide bonds. The third-order valence-corrected chi connectivity index (χ3v) is 3.83. The highest BCUT2D eigenvalue weighted by Gasteiger charge is 2.31. The van der Waals surface area contributed by atoms with Crippen LogP contribution in [0.25, 0.3) is 0 Å². The second-order valence-electron chi connectivity index (χ2n) is 6.36. The maximum Gasteiger partial charge on any atom is 0.406 e. The molecule has 28 heavy (non-hydrogen) atoms. The molecule has 0 atom stereocenters. The van der Waals surface area contributed by atoms with E-state index in [1.165, 1.54) is 0 Å². The number of aliphatic imine (C=N–C) groups is 1. The molecule has 2 N–H and O–H groups in total. The zero-order valence-corrected chi connectivity index (χ0v) is 15.8. The van der Waals surface area contributed by atoms with Crippen molar-refractivity contribution in [2.24, 2.45) is 4.99 Å². The van der Waals surface area contributed by atoms with Crippen LogP contribution in [0.15, 0.2) is 59.6 Å². The van der Waals surface area contributed by atoms with Gasteiger partial charge in [0.25, 0.3) is 0 Å². The van der Waals surface area contributed by atoms with Gasteiger partial charge in [0, 0.05) is 12.7 Å². The molecule has 2 rings (SSSR count). The molecular formula is C20H23F3N4O. The lowest BCUT2D eigenvalue weighted by atomic mass is 10.1. The number of carbonyl (C=O) groups excluding carboxylic acids is 1. The number of halogens is 3. The fraction of sp³-hybridized carbons (Fsp3) is 0.300. The third-order valence-electron chi connectivity index (χ3n) is 3.83. The first-order valence-corrected chi connectivity index (χ1v) is 8.69. The summed E-state index contributed by atoms with van der Waals surface area (Å²) < 4.78 is 37.3. The molecule has 0 aliphatic carbocycles. The molecule has 0 aliphatic rings. The van der Waals surface area contributed by atoms with Crippen LogP contribution in [0.5, 0.6) is 0 Å². The van der Waals surface area contributed by atoms with E-state index in [-0.39, 0.29) is 6.54 Å². The summed E-state index contributed by atoms with van der Waals surface area (Å²) in [6, 6.07) is 17.0. The van der Waals surface area contributed by atoms with Crippen molar-refractivity contribution in [2.45, 2.75) is 19.6 Å². The van der Waals surface area contributed by atoms with Gasteiger partial charge in [0.05, 0.1) is 13.1 Å². The molecule has 0 radical (unpaired) electrons. The summed E-state index contributed by atoms with van der Waals surface area (Å²) in [7, 11) is 1.12. The molecule has 0 saturated carbocycles. The van der Waals surface area contributed by atoms with E-state index in [0.717, 1.165) is 23.9 Å². The molecule has 0 unspecified atom stereocenters. The van der Waals surface area contributed by atoms with Gasteiger partial charge < -0.3 is 15.5 Å². The molecule has 0 spiro atoms. The molecule has 0 aliphatic heterocycles. The van der Waals surface area contributed by atoms with Gasteiger partial charge in [-0.15, -0.1) is 0 Å². The van der Waals surface area contributed by atoms with Gasteiger partial charge in [-0.05, 0) is 24.6 Å². The van der Waals surface area contributed by atoms with Crippen LogP contribution in [-0.4, -0.2) is 43.1 Å². The minimum Gasteiger partial charge on any atom is -0.347 e. The first-order chi connectivity index (χ1) is 13.2. The fourth-order valence-corrected chi connectivity index (χ4v) is 2.31. The van der Waals surface area contributed by atoms with Crippen molar-refractivity contribution in [1.82, 2.24) is 10.2 Å². The molecule has 0 saturated heterocycles. The van der Waals surface area contributed by atoms with Gasteiger partial charge in [-0.3, -0.25) is 4.79 Å². The average Bonchev–Trinajstić information content (AvgIpc) is 2.64. The Morgan fingerprint density at radius 1 is 1.07 bits per heavy atom. The number of rotatable bonds is 6. The van der Waals surface area contributed by atoms with Crippen LogP contribution in [0, 0.1) is 6.92 Å². The fourth-order valence-electron chi connectivity index (χ4n) is 2.31. The zero-order valence-electron chi connectivity index (χ0n) is 15.8. The van der Waals surface area contributed by atoms with E-state index < -0.39 is 18.6 Å². The Labute approximate surface area is 162 Å². The Bertz CT molecular complexity index is 789. The lowest BCUT2D eigenvalue weighted by Gasteiger charge is -2.20. The summed E-state index contributed by atoms with van der Waals surface area (Å²) in [5, 5.41) is 5.85. The van der Waals surface area contributed by atoms with Crippen LogP contribution in [0.4, 0.5) is 18.9 Å². The monoisotopic (exact) mass is 392 g/mol. The van der Waals surface area contributed by atoms with Gasteiger partial charge in [-0.2, -0.15) is 13.2 Å². The van der Waals surface area contributed by atoms with Crippen molar-refractivity contribution < 1.29 is 18.0 Å². The minimum absolute atomic E-state index is 0.306. The van der Waals surface area contributed by atoms with E-state index in [4.69, 9.17) is 0 Å². The molecule has 0 heterocycles. The summed E-state index contributed by atoms with van der Waals surface area (Å²) in [5.74, 6) is -0.379. The summed E-state index contributed by atoms with van der Waals surface area (Å²) >= 11 is 0. The van der Waals surface area contributed by atoms with Crippen molar-refractivity contribution in [3.05, 3.63) is 65.7 Å². The molecule has 8 heteroatoms. The van der Waals surface area contributed by atoms with Crippen molar-refractivity contribution in [3.63, 3.8) is 0 Å². The van der Waals surface area contributed by atoms with Crippen LogP contribution < -0.4 is 10.6 Å². The summed E-state index contributed by atoms with van der Waals surface area (Å²) in [4.78, 5) is 17.0. The van der Waals surface area contributed by atoms with Crippen LogP contribution in [0.3, 0.4) is 0 Å². The molecule has 2 aromatic rings. The van der Waals surface area contributed by atoms with Gasteiger partial charge in [-0.1, -0.05) is 48.0 Å². The number of benzene rings is 2. The predicted octanol–water partition coefficient (Wildman–Crippen LogP) is 3.57. The first kappa shape index (κ1) is 21.3. The summed E-state index contributed by atoms with van der Waals surface area (Å²) in [6.07, 6.45) is -4.44. The zero-order chi connectivity index (χ0) is 20.6. The highest BCUT2D eigenvalue weighted by molar-refractivity contribution is 5.95. The Morgan fingerprint density at radius 2 is 1.71 bits per heavy atom. The van der Waals surface area contributed by atoms with Crippen LogP contribution in [0.2, 0.25) is 0 Å². The SMILES string of the molecule is Cc1ccc(CN=C(NCC(=O)N(C)CC(F)(F)F)Nc2ccccc2)cc1. The van der Waals surface area contributed by atoms with E-state index in [2.05, 4.69) is 15.6 Å². The number of hydrogen-bond acceptors (Lipinski definition) is 2. The van der Waals surface area contributed by atoms with Gasteiger partial charge >= 0.3 is 6.18 Å². The lowest BCUT2D eigenvalue weighted by Crippen LogP contribution is -2.43. The number of nitrogens with zero attached hydrogens (tertiary/aromatic N) is 2. The molecule has 0 aromatic heterocycles. The van der Waals surface area contributed by atoms with Gasteiger partial charge in [0.2, 0.25) is 5.91 Å². The molecule has 5 nitrogen and oxygen atoms in total. The first-order valence-electron chi connectivity index (χ1n) is 8.69. The van der Waals surface area contributed by atoms with Gasteiger partial charge in [-0.25, -0.2) is 4.99 Å². The maximum atomic E-state index is 12.4. The van der Waals surface area contributed by atoms with E-state index >= 15 is 0 Å². The lowest BCUT2D eigenvalue weighted by molar-refractivity contribution is -0.157. The Morgan fingerprint density at radius 3 is 2.32 bits per heavy atom. The Balaban J connectivity index is 2.04. The van der Waals surface area contributed by atoms with Crippen LogP contribution in [0.1, 0.15) is 11.1 Å². The number of nitrogens with one attached hydrogen (secondary N) is 2. The highest BCUT2D eigenvalue weighted by atomic mass is 19.4. The van der Waals surface area contributed by atoms with E-state index in [1.807, 2.05) is 61.5 Å². The topological polar surface area (TPSA) is 56.7 Å². The van der Waals surface area contributed by atoms with E-state index in [0.29, 0.717) is 17.4 Å². The number of amides is 1. The summed E-state index contributed by atoms with van der Waals surface area (Å²) in [5.41, 5.74) is 2.85. The molecule has 0 fully saturated rings. The Hall–Kier alpha value is -3.03. The number of para-hydroxylation sites is 1. The van der Waals surface area contributed by atoms with Gasteiger partial charge in [0.15, 0.2) is 5.96 Å². The minimum atomic E-state index is -4.44. The van der Waals surface area contributed by atoms with Crippen LogP contribution >= 0.6 is 0 Å². The van der Waals surface area contributed by atoms with Crippen LogP contribution in [-0.2, 0) is 11.3 Å².